The molecule has 3 N–H and O–H groups in total. The minimum absolute atomic E-state index is 0.380. The fourth-order valence-corrected chi connectivity index (χ4v) is 2.46. The van der Waals surface area contributed by atoms with Gasteiger partial charge in [0.1, 0.15) is 0 Å². The van der Waals surface area contributed by atoms with Crippen LogP contribution in [0.2, 0.25) is 0 Å². The molecule has 1 heterocycles. The van der Waals surface area contributed by atoms with E-state index in [1.807, 2.05) is 0 Å². The number of nitrogens with one attached hydrogen (secondary N) is 1. The third kappa shape index (κ3) is 3.40. The molecule has 0 aliphatic carbocycles. The summed E-state index contributed by atoms with van der Waals surface area (Å²) in [5.41, 5.74) is 8.61. The summed E-state index contributed by atoms with van der Waals surface area (Å²) in [5.74, 6) is 0.557. The molecule has 0 aromatic heterocycles. The first kappa shape index (κ1) is 13.7. The Morgan fingerprint density at radius 3 is 3.05 bits per heavy atom. The van der Waals surface area contributed by atoms with Crippen molar-refractivity contribution in [3.8, 4) is 0 Å². The Balaban J connectivity index is 1.93. The number of aliphatic imine (C=N–C) groups is 1. The monoisotopic (exact) mass is 260 g/mol. The topological polar surface area (TPSA) is 53.6 Å². The van der Waals surface area contributed by atoms with E-state index in [0.717, 1.165) is 32.5 Å². The fraction of sp³-hybridized carbons (Fsp3) is 0.533. The van der Waals surface area contributed by atoms with Crippen LogP contribution in [0.4, 0.5) is 5.69 Å². The van der Waals surface area contributed by atoms with Crippen LogP contribution < -0.4 is 16.0 Å². The van der Waals surface area contributed by atoms with Crippen LogP contribution >= 0.6 is 0 Å². The first-order valence-corrected chi connectivity index (χ1v) is 7.10. The van der Waals surface area contributed by atoms with E-state index in [2.05, 4.69) is 53.3 Å². The zero-order valence-electron chi connectivity index (χ0n) is 11.9. The first-order valence-electron chi connectivity index (χ1n) is 7.10. The third-order valence-corrected chi connectivity index (χ3v) is 3.54. The number of para-hydroxylation sites is 1. The third-order valence-electron chi connectivity index (χ3n) is 3.54. The number of rotatable bonds is 5. The lowest BCUT2D eigenvalue weighted by molar-refractivity contribution is 0.660. The van der Waals surface area contributed by atoms with E-state index in [1.165, 1.54) is 11.3 Å². The lowest BCUT2D eigenvalue weighted by Crippen LogP contribution is -2.37. The van der Waals surface area contributed by atoms with Crippen LogP contribution in [0.3, 0.4) is 0 Å². The van der Waals surface area contributed by atoms with Crippen molar-refractivity contribution in [1.82, 2.24) is 5.32 Å². The largest absolute Gasteiger partial charge is 0.370 e. The van der Waals surface area contributed by atoms with Crippen LogP contribution in [0.25, 0.3) is 0 Å². The molecule has 4 nitrogen and oxygen atoms in total. The molecule has 1 aliphatic rings. The highest BCUT2D eigenvalue weighted by molar-refractivity contribution is 5.77. The molecule has 1 atom stereocenters. The van der Waals surface area contributed by atoms with Gasteiger partial charge >= 0.3 is 0 Å². The summed E-state index contributed by atoms with van der Waals surface area (Å²) < 4.78 is 0. The van der Waals surface area contributed by atoms with E-state index in [0.29, 0.717) is 12.0 Å². The standard InChI is InChI=1S/C15H24N4/c1-3-9-17-15(16)18-11-12(2)19-10-8-13-6-4-5-7-14(13)19/h4-7,12H,3,8-11H2,1-2H3,(H3,16,17,18). The van der Waals surface area contributed by atoms with Crippen LogP contribution in [0.1, 0.15) is 25.8 Å². The van der Waals surface area contributed by atoms with Gasteiger partial charge in [-0.05, 0) is 31.4 Å². The minimum atomic E-state index is 0.380. The second-order valence-corrected chi connectivity index (χ2v) is 5.07. The van der Waals surface area contributed by atoms with Crippen molar-refractivity contribution < 1.29 is 0 Å². The molecule has 1 aromatic rings. The van der Waals surface area contributed by atoms with Gasteiger partial charge in [0, 0.05) is 24.8 Å². The molecule has 1 aromatic carbocycles. The summed E-state index contributed by atoms with van der Waals surface area (Å²) in [7, 11) is 0. The molecule has 0 amide bonds. The highest BCUT2D eigenvalue weighted by atomic mass is 15.2. The zero-order valence-corrected chi connectivity index (χ0v) is 11.9. The Bertz CT molecular complexity index is 442. The number of fused-ring (bicyclic) bond motifs is 1. The number of benzene rings is 1. The average Bonchev–Trinajstić information content (AvgIpc) is 2.86. The van der Waals surface area contributed by atoms with Gasteiger partial charge in [-0.3, -0.25) is 4.99 Å². The number of hydrogen-bond acceptors (Lipinski definition) is 2. The van der Waals surface area contributed by atoms with Crippen LogP contribution in [0.5, 0.6) is 0 Å². The number of guanidine groups is 1. The number of nitrogens with two attached hydrogens (primary N) is 1. The van der Waals surface area contributed by atoms with E-state index in [4.69, 9.17) is 5.73 Å². The van der Waals surface area contributed by atoms with Gasteiger partial charge in [0.15, 0.2) is 5.96 Å². The molecule has 2 rings (SSSR count). The number of hydrogen-bond donors (Lipinski definition) is 2. The lowest BCUT2D eigenvalue weighted by Gasteiger charge is -2.26. The van der Waals surface area contributed by atoms with Crippen molar-refractivity contribution in [2.75, 3.05) is 24.5 Å². The highest BCUT2D eigenvalue weighted by Crippen LogP contribution is 2.29. The van der Waals surface area contributed by atoms with Crippen molar-refractivity contribution in [2.45, 2.75) is 32.7 Å². The van der Waals surface area contributed by atoms with Crippen LogP contribution in [-0.4, -0.2) is 31.6 Å². The van der Waals surface area contributed by atoms with E-state index in [9.17, 15) is 0 Å². The second kappa shape index (κ2) is 6.45. The number of nitrogens with zero attached hydrogens (tertiary/aromatic N) is 2. The van der Waals surface area contributed by atoms with Crippen molar-refractivity contribution in [1.29, 1.82) is 0 Å². The molecular formula is C15H24N4. The van der Waals surface area contributed by atoms with Gasteiger partial charge in [-0.15, -0.1) is 0 Å². The van der Waals surface area contributed by atoms with Crippen molar-refractivity contribution in [3.63, 3.8) is 0 Å². The molecule has 19 heavy (non-hydrogen) atoms. The molecule has 0 fully saturated rings. The van der Waals surface area contributed by atoms with Gasteiger partial charge < -0.3 is 16.0 Å². The molecule has 0 bridgehead atoms. The maximum absolute atomic E-state index is 5.82. The van der Waals surface area contributed by atoms with Crippen LogP contribution in [0, 0.1) is 0 Å². The van der Waals surface area contributed by atoms with Crippen LogP contribution in [-0.2, 0) is 6.42 Å². The van der Waals surface area contributed by atoms with E-state index >= 15 is 0 Å². The molecule has 104 valence electrons. The van der Waals surface area contributed by atoms with Gasteiger partial charge in [-0.1, -0.05) is 25.1 Å². The summed E-state index contributed by atoms with van der Waals surface area (Å²) in [4.78, 5) is 6.84. The summed E-state index contributed by atoms with van der Waals surface area (Å²) in [6.07, 6.45) is 2.19. The van der Waals surface area contributed by atoms with Gasteiger partial charge in [0.2, 0.25) is 0 Å². The van der Waals surface area contributed by atoms with Crippen molar-refractivity contribution in [2.24, 2.45) is 10.7 Å². The predicted octanol–water partition coefficient (Wildman–Crippen LogP) is 1.75. The molecule has 0 radical (unpaired) electrons. The quantitative estimate of drug-likeness (QED) is 0.626. The summed E-state index contributed by atoms with van der Waals surface area (Å²) in [6.45, 7) is 7.02. The molecule has 0 saturated heterocycles. The van der Waals surface area contributed by atoms with Gasteiger partial charge in [0.05, 0.1) is 6.54 Å². The van der Waals surface area contributed by atoms with E-state index < -0.39 is 0 Å². The minimum Gasteiger partial charge on any atom is -0.370 e. The molecule has 1 aliphatic heterocycles. The predicted molar refractivity (Wildman–Crippen MR) is 81.7 cm³/mol. The fourth-order valence-electron chi connectivity index (χ4n) is 2.46. The maximum Gasteiger partial charge on any atom is 0.188 e. The van der Waals surface area contributed by atoms with Gasteiger partial charge in [-0.2, -0.15) is 0 Å². The Kier molecular flexibility index (Phi) is 4.66. The number of anilines is 1. The Morgan fingerprint density at radius 1 is 1.47 bits per heavy atom. The van der Waals surface area contributed by atoms with Crippen LogP contribution in [0.15, 0.2) is 29.3 Å². The highest BCUT2D eigenvalue weighted by Gasteiger charge is 2.22. The lowest BCUT2D eigenvalue weighted by atomic mass is 10.2. The Morgan fingerprint density at radius 2 is 2.26 bits per heavy atom. The molecule has 4 heteroatoms. The molecule has 0 saturated carbocycles. The summed E-state index contributed by atoms with van der Waals surface area (Å²) >= 11 is 0. The Labute approximate surface area is 115 Å². The van der Waals surface area contributed by atoms with Crippen molar-refractivity contribution in [3.05, 3.63) is 29.8 Å². The second-order valence-electron chi connectivity index (χ2n) is 5.07. The SMILES string of the molecule is CCCNC(N)=NCC(C)N1CCc2ccccc21. The zero-order chi connectivity index (χ0) is 13.7. The van der Waals surface area contributed by atoms with E-state index in [1.54, 1.807) is 0 Å². The smallest absolute Gasteiger partial charge is 0.188 e. The molecular weight excluding hydrogens is 236 g/mol. The van der Waals surface area contributed by atoms with Gasteiger partial charge in [-0.25, -0.2) is 0 Å². The summed E-state index contributed by atoms with van der Waals surface area (Å²) in [6, 6.07) is 9.00. The summed E-state index contributed by atoms with van der Waals surface area (Å²) in [5, 5.41) is 3.11. The van der Waals surface area contributed by atoms with Crippen molar-refractivity contribution >= 4 is 11.6 Å². The van der Waals surface area contributed by atoms with E-state index in [-0.39, 0.29) is 0 Å². The normalized spacial score (nSPS) is 16.3. The van der Waals surface area contributed by atoms with Gasteiger partial charge in [0.25, 0.3) is 0 Å². The maximum atomic E-state index is 5.82. The average molecular weight is 260 g/mol. The molecule has 0 spiro atoms. The first-order chi connectivity index (χ1) is 9.22. The Hall–Kier alpha value is -1.71. The molecule has 1 unspecified atom stereocenters.